The number of halogens is 4. The summed E-state index contributed by atoms with van der Waals surface area (Å²) in [4.78, 5) is 26.1. The van der Waals surface area contributed by atoms with E-state index in [1.165, 1.54) is 56.4 Å². The quantitative estimate of drug-likeness (QED) is 0.0529. The molecule has 0 unspecified atom stereocenters. The molecule has 5 rings (SSSR count). The molecule has 4 aromatic rings. The third-order valence-corrected chi connectivity index (χ3v) is 7.71. The Morgan fingerprint density at radius 3 is 2.06 bits per heavy atom. The number of nitrogens with one attached hydrogen (secondary N) is 6. The van der Waals surface area contributed by atoms with Gasteiger partial charge in [0.15, 0.2) is 5.11 Å². The van der Waals surface area contributed by atoms with Crippen LogP contribution in [0.3, 0.4) is 0 Å². The number of benzene rings is 3. The zero-order valence-electron chi connectivity index (χ0n) is 26.2. The molecule has 0 saturated heterocycles. The van der Waals surface area contributed by atoms with Crippen molar-refractivity contribution in [2.24, 2.45) is 5.92 Å². The van der Waals surface area contributed by atoms with Gasteiger partial charge in [0.05, 0.1) is 6.42 Å². The second-order valence-electron chi connectivity index (χ2n) is 11.4. The van der Waals surface area contributed by atoms with E-state index in [0.29, 0.717) is 41.7 Å². The van der Waals surface area contributed by atoms with Crippen LogP contribution in [0.15, 0.2) is 72.8 Å². The minimum Gasteiger partial charge on any atom is -0.406 e. The smallest absolute Gasteiger partial charge is 0.406 e. The molecule has 11 nitrogen and oxygen atoms in total. The lowest BCUT2D eigenvalue weighted by atomic mass is 9.89. The first kappa shape index (κ1) is 35.1. The molecular formula is C33H35F4N9O2S. The zero-order valence-corrected chi connectivity index (χ0v) is 27.1. The van der Waals surface area contributed by atoms with Crippen molar-refractivity contribution in [3.8, 4) is 5.75 Å². The molecule has 49 heavy (non-hydrogen) atoms. The van der Waals surface area contributed by atoms with Crippen LogP contribution in [-0.2, 0) is 17.8 Å². The Kier molecular flexibility index (Phi) is 12.0. The highest BCUT2D eigenvalue weighted by Gasteiger charge is 2.31. The van der Waals surface area contributed by atoms with Crippen LogP contribution in [0.25, 0.3) is 0 Å². The summed E-state index contributed by atoms with van der Waals surface area (Å²) >= 11 is 5.14. The number of amides is 1. The van der Waals surface area contributed by atoms with E-state index in [2.05, 4.69) is 51.8 Å². The first-order chi connectivity index (χ1) is 23.6. The van der Waals surface area contributed by atoms with Crippen LogP contribution in [-0.4, -0.2) is 38.9 Å². The first-order valence-electron chi connectivity index (χ1n) is 15.6. The predicted molar refractivity (Wildman–Crippen MR) is 183 cm³/mol. The van der Waals surface area contributed by atoms with E-state index in [0.717, 1.165) is 29.8 Å². The number of hydrazine groups is 1. The van der Waals surface area contributed by atoms with E-state index >= 15 is 0 Å². The van der Waals surface area contributed by atoms with Gasteiger partial charge < -0.3 is 26.0 Å². The van der Waals surface area contributed by atoms with Gasteiger partial charge in [-0.1, -0.05) is 43.5 Å². The molecule has 16 heteroatoms. The summed E-state index contributed by atoms with van der Waals surface area (Å²) < 4.78 is 54.2. The fourth-order valence-electron chi connectivity index (χ4n) is 5.09. The van der Waals surface area contributed by atoms with E-state index in [9.17, 15) is 22.4 Å². The van der Waals surface area contributed by atoms with Gasteiger partial charge in [-0.15, -0.1) is 13.2 Å². The van der Waals surface area contributed by atoms with Gasteiger partial charge in [-0.05, 0) is 90.6 Å². The van der Waals surface area contributed by atoms with E-state index < -0.39 is 6.36 Å². The molecule has 0 radical (unpaired) electrons. The van der Waals surface area contributed by atoms with E-state index in [1.807, 2.05) is 0 Å². The Hall–Kier alpha value is -5.25. The molecule has 6 N–H and O–H groups in total. The van der Waals surface area contributed by atoms with Gasteiger partial charge in [0.2, 0.25) is 23.8 Å². The molecule has 1 aromatic heterocycles. The minimum absolute atomic E-state index is 0.0360. The Bertz CT molecular complexity index is 1690. The summed E-state index contributed by atoms with van der Waals surface area (Å²) in [7, 11) is 0. The average molecular weight is 698 g/mol. The molecule has 0 spiro atoms. The van der Waals surface area contributed by atoms with Gasteiger partial charge in [-0.25, -0.2) is 4.39 Å². The second-order valence-corrected chi connectivity index (χ2v) is 11.8. The largest absolute Gasteiger partial charge is 0.573 e. The number of carbonyl (C=O) groups excluding carboxylic acids is 1. The van der Waals surface area contributed by atoms with Crippen LogP contribution in [0.1, 0.15) is 43.2 Å². The predicted octanol–water partition coefficient (Wildman–Crippen LogP) is 6.82. The summed E-state index contributed by atoms with van der Waals surface area (Å²) in [6.07, 6.45) is 1.32. The molecule has 1 aliphatic carbocycles. The van der Waals surface area contributed by atoms with Crippen LogP contribution < -0.4 is 36.9 Å². The van der Waals surface area contributed by atoms with E-state index in [1.54, 1.807) is 36.4 Å². The molecule has 0 bridgehead atoms. The molecule has 0 atom stereocenters. The third kappa shape index (κ3) is 12.1. The maximum absolute atomic E-state index is 13.3. The van der Waals surface area contributed by atoms with Gasteiger partial charge in [0.25, 0.3) is 0 Å². The summed E-state index contributed by atoms with van der Waals surface area (Å²) in [5, 5.41) is 12.5. The van der Waals surface area contributed by atoms with Crippen LogP contribution in [0.4, 0.5) is 46.8 Å². The Morgan fingerprint density at radius 2 is 1.39 bits per heavy atom. The molecule has 1 amide bonds. The number of alkyl halides is 3. The van der Waals surface area contributed by atoms with E-state index in [4.69, 9.17) is 12.2 Å². The molecule has 3 aromatic carbocycles. The van der Waals surface area contributed by atoms with Crippen LogP contribution in [0, 0.1) is 11.7 Å². The monoisotopic (exact) mass is 697 g/mol. The highest BCUT2D eigenvalue weighted by Crippen LogP contribution is 2.25. The second kappa shape index (κ2) is 16.7. The number of ether oxygens (including phenoxy) is 1. The highest BCUT2D eigenvalue weighted by atomic mass is 32.1. The van der Waals surface area contributed by atoms with Crippen molar-refractivity contribution in [2.45, 2.75) is 51.4 Å². The number of hydrogen-bond donors (Lipinski definition) is 6. The standard InChI is InChI=1S/C33H35F4N9O2S/c34-24-10-6-23(7-11-24)20-39-30-42-29(38-19-22-4-2-1-3-5-22)43-31(44-30)40-25-12-8-21(9-13-25)18-28(47)45-46-32(49)41-26-14-16-27(17-15-26)48-33(35,36)37/h6-17,22H,1-5,18-20H2,(H,45,47)(H2,41,46,49)(H3,38,39,40,42,43,44). The number of hydrogen-bond acceptors (Lipinski definition) is 9. The number of thiocarbonyl (C=S) groups is 1. The summed E-state index contributed by atoms with van der Waals surface area (Å²) in [6.45, 7) is 1.16. The maximum atomic E-state index is 13.3. The van der Waals surface area contributed by atoms with Crippen LogP contribution >= 0.6 is 12.2 Å². The lowest BCUT2D eigenvalue weighted by Crippen LogP contribution is -2.44. The fourth-order valence-corrected chi connectivity index (χ4v) is 5.26. The average Bonchev–Trinajstić information content (AvgIpc) is 3.08. The fraction of sp³-hybridized carbons (Fsp3) is 0.303. The summed E-state index contributed by atoms with van der Waals surface area (Å²) in [5.74, 6) is 0.624. The van der Waals surface area contributed by atoms with E-state index in [-0.39, 0.29) is 29.0 Å². The Morgan fingerprint density at radius 1 is 0.776 bits per heavy atom. The minimum atomic E-state index is -4.79. The van der Waals surface area contributed by atoms with Gasteiger partial charge in [0, 0.05) is 24.5 Å². The Labute approximate surface area is 285 Å². The van der Waals surface area contributed by atoms with Gasteiger partial charge >= 0.3 is 6.36 Å². The highest BCUT2D eigenvalue weighted by molar-refractivity contribution is 7.80. The van der Waals surface area contributed by atoms with Crippen molar-refractivity contribution >= 4 is 52.5 Å². The number of aromatic nitrogens is 3. The van der Waals surface area contributed by atoms with Crippen molar-refractivity contribution < 1.29 is 27.1 Å². The first-order valence-corrected chi connectivity index (χ1v) is 16.0. The number of rotatable bonds is 12. The topological polar surface area (TPSA) is 137 Å². The number of carbonyl (C=O) groups is 1. The zero-order chi connectivity index (χ0) is 34.6. The molecule has 0 aliphatic heterocycles. The maximum Gasteiger partial charge on any atom is 0.573 e. The number of anilines is 5. The lowest BCUT2D eigenvalue weighted by Gasteiger charge is -2.21. The SMILES string of the molecule is O=C(Cc1ccc(Nc2nc(NCc3ccc(F)cc3)nc(NCC3CCCCC3)n2)cc1)NNC(=S)Nc1ccc(OC(F)(F)F)cc1. The van der Waals surface area contributed by atoms with Crippen LogP contribution in [0.2, 0.25) is 0 Å². The van der Waals surface area contributed by atoms with Crippen molar-refractivity contribution in [2.75, 3.05) is 27.8 Å². The van der Waals surface area contributed by atoms with Gasteiger partial charge in [0.1, 0.15) is 11.6 Å². The summed E-state index contributed by atoms with van der Waals surface area (Å²) in [5.41, 5.74) is 7.71. The summed E-state index contributed by atoms with van der Waals surface area (Å²) in [6, 6.07) is 18.3. The molecule has 1 saturated carbocycles. The third-order valence-electron chi connectivity index (χ3n) is 7.51. The lowest BCUT2D eigenvalue weighted by molar-refractivity contribution is -0.274. The van der Waals surface area contributed by atoms with Gasteiger partial charge in [-0.2, -0.15) is 15.0 Å². The molecule has 1 fully saturated rings. The number of nitrogens with zero attached hydrogens (tertiary/aromatic N) is 3. The molecular weight excluding hydrogens is 662 g/mol. The normalized spacial score (nSPS) is 13.2. The Balaban J connectivity index is 1.13. The molecule has 258 valence electrons. The van der Waals surface area contributed by atoms with Crippen molar-refractivity contribution in [1.29, 1.82) is 0 Å². The van der Waals surface area contributed by atoms with Crippen molar-refractivity contribution in [1.82, 2.24) is 25.8 Å². The molecule has 1 aliphatic rings. The molecule has 1 heterocycles. The van der Waals surface area contributed by atoms with Gasteiger partial charge in [-0.3, -0.25) is 15.6 Å². The van der Waals surface area contributed by atoms with Crippen LogP contribution in [0.5, 0.6) is 5.75 Å². The van der Waals surface area contributed by atoms with Crippen molar-refractivity contribution in [3.63, 3.8) is 0 Å². The van der Waals surface area contributed by atoms with Crippen molar-refractivity contribution in [3.05, 3.63) is 89.7 Å².